The highest BCUT2D eigenvalue weighted by atomic mass is 16.5. The average Bonchev–Trinajstić information content (AvgIpc) is 2.49. The zero-order valence-corrected chi connectivity index (χ0v) is 13.2. The Morgan fingerprint density at radius 2 is 1.85 bits per heavy atom. The summed E-state index contributed by atoms with van der Waals surface area (Å²) in [7, 11) is 0. The van der Waals surface area contributed by atoms with Gasteiger partial charge in [0.05, 0.1) is 12.3 Å². The third-order valence-corrected chi connectivity index (χ3v) is 3.36. The molecule has 0 saturated carbocycles. The molecule has 0 aromatic carbocycles. The lowest BCUT2D eigenvalue weighted by Crippen LogP contribution is -2.12. The highest BCUT2D eigenvalue weighted by Gasteiger charge is 1.97. The SMILES string of the molecule is CCCCCCCCOCc1ccc(CNCC)cn1. The van der Waals surface area contributed by atoms with Gasteiger partial charge in [-0.3, -0.25) is 4.98 Å². The van der Waals surface area contributed by atoms with Gasteiger partial charge in [0.1, 0.15) is 0 Å². The van der Waals surface area contributed by atoms with Crippen LogP contribution < -0.4 is 5.32 Å². The predicted molar refractivity (Wildman–Crippen MR) is 84.6 cm³/mol. The van der Waals surface area contributed by atoms with Crippen molar-refractivity contribution in [3.8, 4) is 0 Å². The first-order valence-corrected chi connectivity index (χ1v) is 8.09. The molecule has 0 spiro atoms. The first kappa shape index (κ1) is 17.1. The molecule has 1 aromatic heterocycles. The number of ether oxygens (including phenoxy) is 1. The number of hydrogen-bond donors (Lipinski definition) is 1. The fourth-order valence-corrected chi connectivity index (χ4v) is 2.08. The fraction of sp³-hybridized carbons (Fsp3) is 0.706. The number of nitrogens with zero attached hydrogens (tertiary/aromatic N) is 1. The van der Waals surface area contributed by atoms with Crippen LogP contribution in [0.25, 0.3) is 0 Å². The van der Waals surface area contributed by atoms with Gasteiger partial charge in [0.15, 0.2) is 0 Å². The zero-order chi connectivity index (χ0) is 14.5. The van der Waals surface area contributed by atoms with Crippen LogP contribution in [0.3, 0.4) is 0 Å². The summed E-state index contributed by atoms with van der Waals surface area (Å²) in [6.45, 7) is 7.73. The van der Waals surface area contributed by atoms with Crippen LogP contribution in [0.5, 0.6) is 0 Å². The lowest BCUT2D eigenvalue weighted by molar-refractivity contribution is 0.114. The summed E-state index contributed by atoms with van der Waals surface area (Å²) in [6.07, 6.45) is 9.78. The van der Waals surface area contributed by atoms with Crippen LogP contribution in [-0.2, 0) is 17.9 Å². The highest BCUT2D eigenvalue weighted by molar-refractivity contribution is 5.13. The molecule has 1 heterocycles. The number of aromatic nitrogens is 1. The number of rotatable bonds is 12. The van der Waals surface area contributed by atoms with E-state index >= 15 is 0 Å². The lowest BCUT2D eigenvalue weighted by atomic mass is 10.1. The molecule has 1 aromatic rings. The van der Waals surface area contributed by atoms with Gasteiger partial charge in [-0.25, -0.2) is 0 Å². The molecule has 0 bridgehead atoms. The van der Waals surface area contributed by atoms with Gasteiger partial charge < -0.3 is 10.1 Å². The summed E-state index contributed by atoms with van der Waals surface area (Å²) < 4.78 is 5.67. The number of nitrogens with one attached hydrogen (secondary N) is 1. The van der Waals surface area contributed by atoms with Gasteiger partial charge in [-0.1, -0.05) is 52.0 Å². The van der Waals surface area contributed by atoms with Crippen molar-refractivity contribution in [2.24, 2.45) is 0 Å². The second kappa shape index (κ2) is 11.9. The zero-order valence-electron chi connectivity index (χ0n) is 13.2. The Kier molecular flexibility index (Phi) is 10.2. The molecule has 0 saturated heterocycles. The Morgan fingerprint density at radius 1 is 1.05 bits per heavy atom. The quantitative estimate of drug-likeness (QED) is 0.585. The Labute approximate surface area is 124 Å². The van der Waals surface area contributed by atoms with Gasteiger partial charge in [-0.15, -0.1) is 0 Å². The van der Waals surface area contributed by atoms with Crippen LogP contribution >= 0.6 is 0 Å². The standard InChI is InChI=1S/C17H30N2O/c1-3-5-6-7-8-9-12-20-15-17-11-10-16(14-19-17)13-18-4-2/h10-11,14,18H,3-9,12-13,15H2,1-2H3. The number of pyridine rings is 1. The maximum atomic E-state index is 5.67. The van der Waals surface area contributed by atoms with Crippen molar-refractivity contribution in [2.75, 3.05) is 13.2 Å². The Hall–Kier alpha value is -0.930. The van der Waals surface area contributed by atoms with Crippen molar-refractivity contribution in [3.05, 3.63) is 29.6 Å². The molecule has 0 aliphatic rings. The second-order valence-corrected chi connectivity index (χ2v) is 5.26. The Balaban J connectivity index is 2.04. The Bertz CT molecular complexity index is 324. The average molecular weight is 278 g/mol. The van der Waals surface area contributed by atoms with Crippen molar-refractivity contribution >= 4 is 0 Å². The van der Waals surface area contributed by atoms with E-state index in [9.17, 15) is 0 Å². The molecule has 0 unspecified atom stereocenters. The molecule has 3 heteroatoms. The summed E-state index contributed by atoms with van der Waals surface area (Å²) in [5.74, 6) is 0. The first-order chi connectivity index (χ1) is 9.86. The van der Waals surface area contributed by atoms with Gasteiger partial charge in [0.2, 0.25) is 0 Å². The van der Waals surface area contributed by atoms with E-state index in [4.69, 9.17) is 4.74 Å². The predicted octanol–water partition coefficient (Wildman–Crippen LogP) is 4.07. The molecule has 0 fully saturated rings. The molecule has 0 aliphatic heterocycles. The monoisotopic (exact) mass is 278 g/mol. The van der Waals surface area contributed by atoms with E-state index < -0.39 is 0 Å². The molecule has 1 rings (SSSR count). The maximum absolute atomic E-state index is 5.67. The molecule has 3 nitrogen and oxygen atoms in total. The fourth-order valence-electron chi connectivity index (χ4n) is 2.08. The van der Waals surface area contributed by atoms with Gasteiger partial charge in [-0.2, -0.15) is 0 Å². The van der Waals surface area contributed by atoms with Crippen LogP contribution in [-0.4, -0.2) is 18.1 Å². The summed E-state index contributed by atoms with van der Waals surface area (Å²) >= 11 is 0. The van der Waals surface area contributed by atoms with E-state index in [1.54, 1.807) is 0 Å². The molecule has 1 N–H and O–H groups in total. The summed E-state index contributed by atoms with van der Waals surface area (Å²) in [6, 6.07) is 4.19. The highest BCUT2D eigenvalue weighted by Crippen LogP contribution is 2.06. The summed E-state index contributed by atoms with van der Waals surface area (Å²) in [5, 5.41) is 3.29. The minimum Gasteiger partial charge on any atom is -0.375 e. The normalized spacial score (nSPS) is 10.9. The van der Waals surface area contributed by atoms with E-state index in [0.717, 1.165) is 25.4 Å². The lowest BCUT2D eigenvalue weighted by Gasteiger charge is -2.06. The minimum absolute atomic E-state index is 0.635. The molecule has 0 aliphatic carbocycles. The number of unbranched alkanes of at least 4 members (excludes halogenated alkanes) is 5. The molecule has 20 heavy (non-hydrogen) atoms. The molecule has 114 valence electrons. The van der Waals surface area contributed by atoms with Crippen molar-refractivity contribution in [1.82, 2.24) is 10.3 Å². The minimum atomic E-state index is 0.635. The smallest absolute Gasteiger partial charge is 0.0887 e. The van der Waals surface area contributed by atoms with Gasteiger partial charge in [0.25, 0.3) is 0 Å². The van der Waals surface area contributed by atoms with Crippen molar-refractivity contribution in [1.29, 1.82) is 0 Å². The third-order valence-electron chi connectivity index (χ3n) is 3.36. The van der Waals surface area contributed by atoms with Gasteiger partial charge >= 0.3 is 0 Å². The Morgan fingerprint density at radius 3 is 2.55 bits per heavy atom. The largest absolute Gasteiger partial charge is 0.375 e. The van der Waals surface area contributed by atoms with Gasteiger partial charge in [-0.05, 0) is 24.6 Å². The number of hydrogen-bond acceptors (Lipinski definition) is 3. The van der Waals surface area contributed by atoms with Crippen molar-refractivity contribution < 1.29 is 4.74 Å². The molecular formula is C17H30N2O. The topological polar surface area (TPSA) is 34.1 Å². The summed E-state index contributed by atoms with van der Waals surface area (Å²) in [4.78, 5) is 4.42. The van der Waals surface area contributed by atoms with Crippen LogP contribution in [0.15, 0.2) is 18.3 Å². The molecular weight excluding hydrogens is 248 g/mol. The van der Waals surface area contributed by atoms with Crippen LogP contribution in [0, 0.1) is 0 Å². The van der Waals surface area contributed by atoms with E-state index in [1.165, 1.54) is 44.1 Å². The van der Waals surface area contributed by atoms with Gasteiger partial charge in [0, 0.05) is 19.3 Å². The summed E-state index contributed by atoms with van der Waals surface area (Å²) in [5.41, 5.74) is 2.25. The van der Waals surface area contributed by atoms with Crippen LogP contribution in [0.1, 0.15) is 63.6 Å². The van der Waals surface area contributed by atoms with Crippen molar-refractivity contribution in [2.45, 2.75) is 65.5 Å². The molecule has 0 amide bonds. The van der Waals surface area contributed by atoms with E-state index in [1.807, 2.05) is 6.20 Å². The molecule has 0 radical (unpaired) electrons. The van der Waals surface area contributed by atoms with E-state index in [2.05, 4.69) is 36.3 Å². The third kappa shape index (κ3) is 8.28. The van der Waals surface area contributed by atoms with E-state index in [-0.39, 0.29) is 0 Å². The van der Waals surface area contributed by atoms with Crippen LogP contribution in [0.4, 0.5) is 0 Å². The maximum Gasteiger partial charge on any atom is 0.0887 e. The second-order valence-electron chi connectivity index (χ2n) is 5.26. The first-order valence-electron chi connectivity index (χ1n) is 8.09. The van der Waals surface area contributed by atoms with E-state index in [0.29, 0.717) is 6.61 Å². The molecule has 0 atom stereocenters. The van der Waals surface area contributed by atoms with Crippen LogP contribution in [0.2, 0.25) is 0 Å². The van der Waals surface area contributed by atoms with Crippen molar-refractivity contribution in [3.63, 3.8) is 0 Å².